The topological polar surface area (TPSA) is 116 Å². The fourth-order valence-corrected chi connectivity index (χ4v) is 4.76. The van der Waals surface area contributed by atoms with Crippen LogP contribution in [-0.2, 0) is 11.0 Å². The lowest BCUT2D eigenvalue weighted by molar-refractivity contribution is -0.137. The monoisotopic (exact) mass is 589 g/mol. The van der Waals surface area contributed by atoms with E-state index in [1.807, 2.05) is 6.07 Å². The van der Waals surface area contributed by atoms with Crippen molar-refractivity contribution >= 4 is 61.6 Å². The van der Waals surface area contributed by atoms with Crippen LogP contribution in [0.1, 0.15) is 24.0 Å². The van der Waals surface area contributed by atoms with Crippen molar-refractivity contribution in [1.29, 1.82) is 5.26 Å². The normalized spacial score (nSPS) is 13.0. The Bertz CT molecular complexity index is 1680. The van der Waals surface area contributed by atoms with Gasteiger partial charge in [-0.25, -0.2) is 14.2 Å². The van der Waals surface area contributed by atoms with E-state index in [-0.39, 0.29) is 45.3 Å². The lowest BCUT2D eigenvalue weighted by atomic mass is 10.2. The molecule has 5 rings (SSSR count). The number of nitrogens with zero attached hydrogens (tertiary/aromatic N) is 2. The first-order chi connectivity index (χ1) is 19.0. The van der Waals surface area contributed by atoms with E-state index in [0.717, 1.165) is 60.6 Å². The number of rotatable bonds is 6. The molecule has 0 bridgehead atoms. The molecule has 0 aliphatic heterocycles. The predicted octanol–water partition coefficient (Wildman–Crippen LogP) is 7.76. The second-order valence-corrected chi connectivity index (χ2v) is 10.1. The molecule has 0 atom stereocenters. The summed E-state index contributed by atoms with van der Waals surface area (Å²) in [5.41, 5.74) is -0.618. The van der Waals surface area contributed by atoms with E-state index in [2.05, 4.69) is 20.9 Å². The highest BCUT2D eigenvalue weighted by Gasteiger charge is 2.31. The number of hydrogen-bond donors (Lipinski definition) is 3. The molecule has 8 nitrogen and oxygen atoms in total. The summed E-state index contributed by atoms with van der Waals surface area (Å²) in [5.74, 6) is -1.08. The zero-order chi connectivity index (χ0) is 28.6. The lowest BCUT2D eigenvalue weighted by Crippen LogP contribution is -2.20. The van der Waals surface area contributed by atoms with Gasteiger partial charge in [0.2, 0.25) is 5.91 Å². The molecular weight excluding hydrogens is 574 g/mol. The predicted molar refractivity (Wildman–Crippen MR) is 141 cm³/mol. The summed E-state index contributed by atoms with van der Waals surface area (Å²) < 4.78 is 59.1. The van der Waals surface area contributed by atoms with Crippen LogP contribution in [0.5, 0.6) is 11.5 Å². The molecule has 3 aromatic carbocycles. The number of carbonyl (C=O) groups is 2. The molecule has 4 aromatic rings. The van der Waals surface area contributed by atoms with E-state index in [1.54, 1.807) is 6.07 Å². The summed E-state index contributed by atoms with van der Waals surface area (Å²) in [7, 11) is 0. The van der Waals surface area contributed by atoms with Gasteiger partial charge in [-0.2, -0.15) is 18.4 Å². The van der Waals surface area contributed by atoms with Crippen molar-refractivity contribution in [2.24, 2.45) is 5.92 Å². The van der Waals surface area contributed by atoms with Gasteiger partial charge in [0, 0.05) is 17.7 Å². The van der Waals surface area contributed by atoms with Gasteiger partial charge in [-0.05, 0) is 55.3 Å². The zero-order valence-electron chi connectivity index (χ0n) is 20.0. The molecule has 1 aromatic heterocycles. The molecular formula is C26H16ClF4N5O3S. The first-order valence-electron chi connectivity index (χ1n) is 11.6. The molecule has 3 amide bonds. The van der Waals surface area contributed by atoms with Crippen LogP contribution in [0.25, 0.3) is 10.2 Å². The van der Waals surface area contributed by atoms with Crippen molar-refractivity contribution in [3.63, 3.8) is 0 Å². The number of amides is 3. The van der Waals surface area contributed by atoms with Crippen molar-refractivity contribution in [2.75, 3.05) is 16.0 Å². The van der Waals surface area contributed by atoms with Crippen molar-refractivity contribution in [1.82, 2.24) is 4.98 Å². The highest BCUT2D eigenvalue weighted by Crippen LogP contribution is 2.40. The van der Waals surface area contributed by atoms with E-state index in [1.165, 1.54) is 6.07 Å². The summed E-state index contributed by atoms with van der Waals surface area (Å²) in [6.07, 6.45) is -2.89. The second-order valence-electron chi connectivity index (χ2n) is 8.70. The lowest BCUT2D eigenvalue weighted by Gasteiger charge is -2.13. The van der Waals surface area contributed by atoms with Gasteiger partial charge in [-0.15, -0.1) is 0 Å². The van der Waals surface area contributed by atoms with E-state index >= 15 is 0 Å². The van der Waals surface area contributed by atoms with Gasteiger partial charge in [-0.3, -0.25) is 4.79 Å². The third-order valence-corrected chi connectivity index (χ3v) is 7.07. The molecule has 1 fully saturated rings. The fourth-order valence-electron chi connectivity index (χ4n) is 3.62. The fraction of sp³-hybridized carbons (Fsp3) is 0.154. The van der Waals surface area contributed by atoms with Crippen LogP contribution in [-0.4, -0.2) is 16.9 Å². The van der Waals surface area contributed by atoms with Gasteiger partial charge >= 0.3 is 12.2 Å². The number of alkyl halides is 3. The Hall–Kier alpha value is -4.41. The number of aromatic nitrogens is 1. The van der Waals surface area contributed by atoms with Gasteiger partial charge in [0.15, 0.2) is 5.13 Å². The van der Waals surface area contributed by atoms with Crippen molar-refractivity contribution < 1.29 is 31.9 Å². The van der Waals surface area contributed by atoms with E-state index in [9.17, 15) is 32.4 Å². The van der Waals surface area contributed by atoms with Crippen LogP contribution in [0.4, 0.5) is 38.9 Å². The summed E-state index contributed by atoms with van der Waals surface area (Å²) in [5, 5.41) is 17.3. The standard InChI is InChI=1S/C26H16ClF4N5O3S/c27-16-9-17(28)19(34-24(38)33-14-5-3-13(4-6-14)26(29,30)31)10-21(16)39-20-8-7-18-22(15(20)11-32)40-25(35-18)36-23(37)12-1-2-12/h3-10,12H,1-2H2,(H2,33,34,38)(H,35,36,37). The number of carbonyl (C=O) groups excluding carboxylic acids is 2. The first kappa shape index (κ1) is 27.2. The van der Waals surface area contributed by atoms with Gasteiger partial charge in [0.25, 0.3) is 0 Å². The number of halogens is 5. The van der Waals surface area contributed by atoms with E-state index < -0.39 is 23.6 Å². The molecule has 1 aliphatic carbocycles. The van der Waals surface area contributed by atoms with Gasteiger partial charge in [-0.1, -0.05) is 22.9 Å². The van der Waals surface area contributed by atoms with Crippen molar-refractivity contribution in [2.45, 2.75) is 19.0 Å². The molecule has 204 valence electrons. The number of ether oxygens (including phenoxy) is 1. The molecule has 40 heavy (non-hydrogen) atoms. The summed E-state index contributed by atoms with van der Waals surface area (Å²) in [6, 6.07) is 9.85. The molecule has 0 radical (unpaired) electrons. The zero-order valence-corrected chi connectivity index (χ0v) is 21.6. The highest BCUT2D eigenvalue weighted by atomic mass is 35.5. The van der Waals surface area contributed by atoms with Gasteiger partial charge < -0.3 is 20.7 Å². The Balaban J connectivity index is 1.34. The van der Waals surface area contributed by atoms with Gasteiger partial charge in [0.05, 0.1) is 26.5 Å². The Labute approximate surface area is 232 Å². The second kappa shape index (κ2) is 10.6. The summed E-state index contributed by atoms with van der Waals surface area (Å²) in [6.45, 7) is 0. The van der Waals surface area contributed by atoms with Gasteiger partial charge in [0.1, 0.15) is 28.9 Å². The minimum atomic E-state index is -4.53. The smallest absolute Gasteiger partial charge is 0.416 e. The number of nitrogens with one attached hydrogen (secondary N) is 3. The minimum absolute atomic E-state index is 0.0261. The number of fused-ring (bicyclic) bond motifs is 1. The number of thiazole rings is 1. The number of urea groups is 1. The molecule has 0 saturated heterocycles. The number of nitriles is 1. The first-order valence-corrected chi connectivity index (χ1v) is 12.8. The number of benzene rings is 3. The third-order valence-electron chi connectivity index (χ3n) is 5.77. The maximum absolute atomic E-state index is 14.6. The maximum atomic E-state index is 14.6. The molecule has 3 N–H and O–H groups in total. The van der Waals surface area contributed by atoms with Crippen molar-refractivity contribution in [3.05, 3.63) is 70.5 Å². The molecule has 0 spiro atoms. The van der Waals surface area contributed by atoms with Crippen molar-refractivity contribution in [3.8, 4) is 17.6 Å². The van der Waals surface area contributed by atoms with Crippen LogP contribution >= 0.6 is 22.9 Å². The van der Waals surface area contributed by atoms with Crippen LogP contribution in [0.2, 0.25) is 5.02 Å². The maximum Gasteiger partial charge on any atom is 0.416 e. The summed E-state index contributed by atoms with van der Waals surface area (Å²) in [4.78, 5) is 28.8. The van der Waals surface area contributed by atoms with Crippen LogP contribution in [0.15, 0.2) is 48.5 Å². The van der Waals surface area contributed by atoms with E-state index in [4.69, 9.17) is 16.3 Å². The molecule has 1 heterocycles. The number of anilines is 3. The molecule has 1 saturated carbocycles. The molecule has 1 aliphatic rings. The van der Waals surface area contributed by atoms with Crippen LogP contribution in [0.3, 0.4) is 0 Å². The Morgan fingerprint density at radius 1 is 1.05 bits per heavy atom. The Morgan fingerprint density at radius 2 is 1.77 bits per heavy atom. The van der Waals surface area contributed by atoms with E-state index in [0.29, 0.717) is 15.3 Å². The Morgan fingerprint density at radius 3 is 2.42 bits per heavy atom. The molecule has 14 heteroatoms. The quantitative estimate of drug-likeness (QED) is 0.199. The SMILES string of the molecule is N#Cc1c(Oc2cc(NC(=O)Nc3ccc(C(F)(F)F)cc3)c(F)cc2Cl)ccc2nc(NC(=O)C3CC3)sc12. The number of hydrogen-bond acceptors (Lipinski definition) is 6. The highest BCUT2D eigenvalue weighted by molar-refractivity contribution is 7.22. The summed E-state index contributed by atoms with van der Waals surface area (Å²) >= 11 is 7.26. The van der Waals surface area contributed by atoms with Crippen LogP contribution in [0, 0.1) is 23.1 Å². The third kappa shape index (κ3) is 5.93. The Kier molecular flexibility index (Phi) is 7.22. The van der Waals surface area contributed by atoms with Crippen LogP contribution < -0.4 is 20.7 Å². The average Bonchev–Trinajstić information content (AvgIpc) is 3.67. The molecule has 0 unspecified atom stereocenters. The average molecular weight is 590 g/mol. The minimum Gasteiger partial charge on any atom is -0.454 e. The largest absolute Gasteiger partial charge is 0.454 e.